The van der Waals surface area contributed by atoms with Gasteiger partial charge >= 0.3 is 0 Å². The number of hydrogen-bond donors (Lipinski definition) is 3. The van der Waals surface area contributed by atoms with E-state index in [0.717, 1.165) is 24.0 Å². The molecule has 43 heavy (non-hydrogen) atoms. The Morgan fingerprint density at radius 2 is 1.88 bits per heavy atom. The molecule has 9 nitrogen and oxygen atoms in total. The summed E-state index contributed by atoms with van der Waals surface area (Å²) >= 11 is 0. The van der Waals surface area contributed by atoms with Gasteiger partial charge in [0.2, 0.25) is 17.7 Å². The van der Waals surface area contributed by atoms with Crippen LogP contribution in [0.2, 0.25) is 0 Å². The average Bonchev–Trinajstić information content (AvgIpc) is 3.00. The highest BCUT2D eigenvalue weighted by Gasteiger charge is 2.41. The molecule has 0 saturated carbocycles. The number of anilines is 1. The van der Waals surface area contributed by atoms with E-state index in [2.05, 4.69) is 33.0 Å². The second-order valence-electron chi connectivity index (χ2n) is 12.2. The Kier molecular flexibility index (Phi) is 10.1. The van der Waals surface area contributed by atoms with Gasteiger partial charge in [-0.1, -0.05) is 48.6 Å². The number of fused-ring (bicyclic) bond motifs is 1. The zero-order valence-electron chi connectivity index (χ0n) is 25.3. The van der Waals surface area contributed by atoms with E-state index in [-0.39, 0.29) is 36.2 Å². The first-order valence-corrected chi connectivity index (χ1v) is 15.4. The molecule has 3 amide bonds. The van der Waals surface area contributed by atoms with E-state index in [9.17, 15) is 14.4 Å². The van der Waals surface area contributed by atoms with Crippen molar-refractivity contribution in [2.75, 3.05) is 45.3 Å². The normalized spacial score (nSPS) is 24.6. The summed E-state index contributed by atoms with van der Waals surface area (Å²) in [6.45, 7) is 4.67. The zero-order valence-corrected chi connectivity index (χ0v) is 25.3. The van der Waals surface area contributed by atoms with Crippen molar-refractivity contribution in [3.8, 4) is 5.75 Å². The number of piperidine rings is 1. The fourth-order valence-corrected chi connectivity index (χ4v) is 6.51. The molecule has 2 saturated heterocycles. The molecule has 2 aromatic rings. The first-order chi connectivity index (χ1) is 20.8. The minimum absolute atomic E-state index is 0.0556. The first-order valence-electron chi connectivity index (χ1n) is 15.4. The highest BCUT2D eigenvalue weighted by atomic mass is 16.5. The van der Waals surface area contributed by atoms with Crippen molar-refractivity contribution in [2.24, 2.45) is 11.3 Å². The summed E-state index contributed by atoms with van der Waals surface area (Å²) in [5, 5.41) is 9.46. The van der Waals surface area contributed by atoms with Crippen LogP contribution in [0.3, 0.4) is 0 Å². The number of rotatable bonds is 6. The van der Waals surface area contributed by atoms with Crippen molar-refractivity contribution in [1.29, 1.82) is 0 Å². The van der Waals surface area contributed by atoms with Crippen LogP contribution in [0.1, 0.15) is 43.2 Å². The van der Waals surface area contributed by atoms with Crippen LogP contribution in [0.25, 0.3) is 0 Å². The Morgan fingerprint density at radius 1 is 1.09 bits per heavy atom. The third kappa shape index (κ3) is 7.83. The van der Waals surface area contributed by atoms with Gasteiger partial charge in [-0.05, 0) is 68.2 Å². The maximum Gasteiger partial charge on any atom is 0.243 e. The molecule has 0 aromatic heterocycles. The summed E-state index contributed by atoms with van der Waals surface area (Å²) in [6.07, 6.45) is 8.06. The van der Waals surface area contributed by atoms with E-state index in [1.54, 1.807) is 7.11 Å². The smallest absolute Gasteiger partial charge is 0.243 e. The van der Waals surface area contributed by atoms with Gasteiger partial charge in [0.1, 0.15) is 11.8 Å². The molecule has 0 aliphatic carbocycles. The molecule has 3 aliphatic heterocycles. The van der Waals surface area contributed by atoms with Gasteiger partial charge in [0, 0.05) is 38.8 Å². The van der Waals surface area contributed by atoms with Crippen molar-refractivity contribution in [2.45, 2.75) is 57.5 Å². The van der Waals surface area contributed by atoms with Crippen molar-refractivity contribution in [1.82, 2.24) is 15.5 Å². The quantitative estimate of drug-likeness (QED) is 0.445. The van der Waals surface area contributed by atoms with Crippen molar-refractivity contribution >= 4 is 23.4 Å². The molecule has 230 valence electrons. The second kappa shape index (κ2) is 14.2. The number of carbonyl (C=O) groups excluding carboxylic acids is 3. The molecule has 3 heterocycles. The molecule has 2 fully saturated rings. The average molecular weight is 589 g/mol. The lowest BCUT2D eigenvalue weighted by atomic mass is 9.75. The van der Waals surface area contributed by atoms with E-state index < -0.39 is 11.5 Å². The summed E-state index contributed by atoms with van der Waals surface area (Å²) in [6, 6.07) is 14.8. The molecule has 3 N–H and O–H groups in total. The maximum atomic E-state index is 13.8. The van der Waals surface area contributed by atoms with Crippen LogP contribution in [0, 0.1) is 18.3 Å². The number of nitrogens with one attached hydrogen (secondary N) is 3. The van der Waals surface area contributed by atoms with Gasteiger partial charge in [-0.3, -0.25) is 19.3 Å². The van der Waals surface area contributed by atoms with E-state index in [1.165, 1.54) is 0 Å². The van der Waals surface area contributed by atoms with Crippen LogP contribution >= 0.6 is 0 Å². The topological polar surface area (TPSA) is 109 Å². The predicted molar refractivity (Wildman–Crippen MR) is 166 cm³/mol. The van der Waals surface area contributed by atoms with Crippen LogP contribution in [-0.2, 0) is 25.5 Å². The van der Waals surface area contributed by atoms with Crippen molar-refractivity contribution in [3.63, 3.8) is 0 Å². The monoisotopic (exact) mass is 588 g/mol. The van der Waals surface area contributed by atoms with Gasteiger partial charge < -0.3 is 25.4 Å². The van der Waals surface area contributed by atoms with Gasteiger partial charge in [-0.15, -0.1) is 0 Å². The highest BCUT2D eigenvalue weighted by molar-refractivity contribution is 5.94. The number of amides is 3. The van der Waals surface area contributed by atoms with E-state index in [4.69, 9.17) is 9.47 Å². The van der Waals surface area contributed by atoms with Crippen LogP contribution in [0.4, 0.5) is 5.69 Å². The Labute approximate surface area is 254 Å². The number of allylic oxidation sites excluding steroid dienone is 2. The molecule has 3 atom stereocenters. The lowest BCUT2D eigenvalue weighted by Crippen LogP contribution is -2.58. The van der Waals surface area contributed by atoms with Crippen molar-refractivity contribution < 1.29 is 23.9 Å². The molecular weight excluding hydrogens is 544 g/mol. The molecular formula is C34H44N4O5. The van der Waals surface area contributed by atoms with Gasteiger partial charge in [0.05, 0.1) is 24.8 Å². The lowest BCUT2D eigenvalue weighted by molar-refractivity contribution is -0.140. The SMILES string of the molecule is COc1ccc(C)cc1NC(=O)CN1CC[C@H]2NC(=O)[C@H](Cc3ccccc3)NC(=O)C3(CC=CC[C@H]2C1)CCOCC3. The number of ether oxygens (including phenoxy) is 2. The lowest BCUT2D eigenvalue weighted by Gasteiger charge is -2.40. The third-order valence-electron chi connectivity index (χ3n) is 9.09. The third-order valence-corrected chi connectivity index (χ3v) is 9.09. The number of nitrogens with zero attached hydrogens (tertiary/aromatic N) is 1. The molecule has 0 unspecified atom stereocenters. The van der Waals surface area contributed by atoms with Crippen LogP contribution in [-0.4, -0.2) is 74.7 Å². The number of aryl methyl sites for hydroxylation is 1. The zero-order chi connectivity index (χ0) is 30.2. The Bertz CT molecular complexity index is 1310. The number of carbonyl (C=O) groups is 3. The Hall–Kier alpha value is -3.69. The fourth-order valence-electron chi connectivity index (χ4n) is 6.51. The van der Waals surface area contributed by atoms with Gasteiger partial charge in [-0.2, -0.15) is 0 Å². The fraction of sp³-hybridized carbons (Fsp3) is 0.500. The van der Waals surface area contributed by atoms with Gasteiger partial charge in [0.15, 0.2) is 0 Å². The summed E-state index contributed by atoms with van der Waals surface area (Å²) < 4.78 is 11.0. The summed E-state index contributed by atoms with van der Waals surface area (Å²) in [4.78, 5) is 42.8. The molecule has 1 spiro atoms. The first kappa shape index (κ1) is 30.8. The van der Waals surface area contributed by atoms with Crippen LogP contribution < -0.4 is 20.7 Å². The van der Waals surface area contributed by atoms with Crippen LogP contribution in [0.5, 0.6) is 5.75 Å². The predicted octanol–water partition coefficient (Wildman–Crippen LogP) is 3.62. The minimum atomic E-state index is -0.674. The molecule has 0 radical (unpaired) electrons. The van der Waals surface area contributed by atoms with Crippen LogP contribution in [0.15, 0.2) is 60.7 Å². The molecule has 0 bridgehead atoms. The largest absolute Gasteiger partial charge is 0.495 e. The van der Waals surface area contributed by atoms with E-state index >= 15 is 0 Å². The molecule has 2 aromatic carbocycles. The molecule has 3 aliphatic rings. The molecule has 5 rings (SSSR count). The Morgan fingerprint density at radius 3 is 2.65 bits per heavy atom. The van der Waals surface area contributed by atoms with Crippen molar-refractivity contribution in [3.05, 3.63) is 71.8 Å². The summed E-state index contributed by atoms with van der Waals surface area (Å²) in [5.41, 5.74) is 2.11. The Balaban J connectivity index is 1.31. The highest BCUT2D eigenvalue weighted by Crippen LogP contribution is 2.36. The molecule has 9 heteroatoms. The number of likely N-dealkylation sites (tertiary alicyclic amines) is 1. The van der Waals surface area contributed by atoms with E-state index in [1.807, 2.05) is 55.5 Å². The number of methoxy groups -OCH3 is 1. The van der Waals surface area contributed by atoms with Gasteiger partial charge in [-0.25, -0.2) is 0 Å². The minimum Gasteiger partial charge on any atom is -0.495 e. The number of hydrogen-bond acceptors (Lipinski definition) is 6. The van der Waals surface area contributed by atoms with E-state index in [0.29, 0.717) is 63.4 Å². The summed E-state index contributed by atoms with van der Waals surface area (Å²) in [5.74, 6) is 0.441. The standard InChI is InChI=1S/C34H44N4O5/c1-24-11-12-30(42-2)28(20-24)35-31(39)23-38-17-13-27-26(22-38)10-6-7-14-34(15-18-43-19-16-34)33(41)37-29(32(40)36-27)21-25-8-4-3-5-9-25/h3-9,11-12,20,26-27,29H,10,13-19,21-23H2,1-2H3,(H,35,39)(H,36,40)(H,37,41)/t26-,27+,29-/m0/s1. The summed E-state index contributed by atoms with van der Waals surface area (Å²) in [7, 11) is 1.59. The maximum absolute atomic E-state index is 13.8. The second-order valence-corrected chi connectivity index (χ2v) is 12.2. The van der Waals surface area contributed by atoms with Gasteiger partial charge in [0.25, 0.3) is 0 Å². The number of benzene rings is 2.